The third kappa shape index (κ3) is 4.77. The van der Waals surface area contributed by atoms with Crippen molar-refractivity contribution in [3.63, 3.8) is 0 Å². The van der Waals surface area contributed by atoms with Gasteiger partial charge in [0, 0.05) is 13.6 Å². The molecule has 0 fully saturated rings. The zero-order chi connectivity index (χ0) is 16.2. The maximum atomic E-state index is 12.1. The van der Waals surface area contributed by atoms with Crippen molar-refractivity contribution in [3.8, 4) is 0 Å². The van der Waals surface area contributed by atoms with E-state index >= 15 is 0 Å². The van der Waals surface area contributed by atoms with Crippen LogP contribution < -0.4 is 5.32 Å². The highest BCUT2D eigenvalue weighted by Crippen LogP contribution is 2.17. The number of aliphatic carboxylic acids is 1. The number of carboxylic acids is 1. The maximum Gasteiger partial charge on any atom is 0.317 e. The number of carboxylic acid groups (broad SMARTS) is 1. The molecule has 2 atom stereocenters. The van der Waals surface area contributed by atoms with Crippen LogP contribution in [0.3, 0.4) is 0 Å². The number of hydrogen-bond acceptors (Lipinski definition) is 2. The lowest BCUT2D eigenvalue weighted by Gasteiger charge is -2.23. The average molecular weight is 292 g/mol. The van der Waals surface area contributed by atoms with Gasteiger partial charge < -0.3 is 15.3 Å². The number of aryl methyl sites for hydroxylation is 2. The Morgan fingerprint density at radius 2 is 1.86 bits per heavy atom. The Morgan fingerprint density at radius 3 is 2.38 bits per heavy atom. The molecule has 0 spiro atoms. The van der Waals surface area contributed by atoms with E-state index in [1.54, 1.807) is 14.0 Å². The summed E-state index contributed by atoms with van der Waals surface area (Å²) >= 11 is 0. The molecule has 0 saturated carbocycles. The van der Waals surface area contributed by atoms with Gasteiger partial charge in [0.1, 0.15) is 0 Å². The van der Waals surface area contributed by atoms with Gasteiger partial charge in [-0.25, -0.2) is 4.79 Å². The average Bonchev–Trinajstić information content (AvgIpc) is 2.41. The van der Waals surface area contributed by atoms with Crippen molar-refractivity contribution in [1.29, 1.82) is 0 Å². The van der Waals surface area contributed by atoms with Crippen molar-refractivity contribution in [2.75, 3.05) is 13.6 Å². The fourth-order valence-electron chi connectivity index (χ4n) is 1.98. The molecule has 5 heteroatoms. The number of hydrogen-bond donors (Lipinski definition) is 2. The Bertz CT molecular complexity index is 528. The molecule has 116 valence electrons. The second-order valence-electron chi connectivity index (χ2n) is 5.63. The van der Waals surface area contributed by atoms with Crippen LogP contribution in [-0.2, 0) is 4.79 Å². The predicted molar refractivity (Wildman–Crippen MR) is 82.3 cm³/mol. The Hall–Kier alpha value is -2.04. The van der Waals surface area contributed by atoms with E-state index in [0.717, 1.165) is 5.56 Å². The molecule has 2 unspecified atom stereocenters. The quantitative estimate of drug-likeness (QED) is 0.876. The first-order chi connectivity index (χ1) is 9.72. The first-order valence-corrected chi connectivity index (χ1v) is 7.04. The van der Waals surface area contributed by atoms with Crippen molar-refractivity contribution >= 4 is 12.0 Å². The number of carbonyl (C=O) groups is 2. The fourth-order valence-corrected chi connectivity index (χ4v) is 1.98. The molecule has 1 rings (SSSR count). The van der Waals surface area contributed by atoms with Crippen LogP contribution in [0.1, 0.15) is 36.6 Å². The van der Waals surface area contributed by atoms with Crippen LogP contribution >= 0.6 is 0 Å². The van der Waals surface area contributed by atoms with E-state index in [1.807, 2.05) is 32.9 Å². The van der Waals surface area contributed by atoms with E-state index in [0.29, 0.717) is 0 Å². The number of amides is 2. The van der Waals surface area contributed by atoms with Gasteiger partial charge in [-0.3, -0.25) is 4.79 Å². The molecule has 0 heterocycles. The molecule has 1 aromatic rings. The zero-order valence-electron chi connectivity index (χ0n) is 13.3. The Kier molecular flexibility index (Phi) is 5.76. The van der Waals surface area contributed by atoms with Gasteiger partial charge in [-0.05, 0) is 37.5 Å². The first-order valence-electron chi connectivity index (χ1n) is 7.04. The summed E-state index contributed by atoms with van der Waals surface area (Å²) in [5, 5.41) is 11.8. The summed E-state index contributed by atoms with van der Waals surface area (Å²) < 4.78 is 0. The number of carbonyl (C=O) groups excluding carboxylic acids is 1. The standard InChI is InChI=1S/C16H24N2O3/c1-10-6-7-14(8-11(10)2)13(4)17-16(21)18(5)9-12(3)15(19)20/h6-8,12-13H,9H2,1-5H3,(H,17,21)(H,19,20). The molecule has 2 amide bonds. The van der Waals surface area contributed by atoms with E-state index in [1.165, 1.54) is 16.0 Å². The van der Waals surface area contributed by atoms with Gasteiger partial charge in [-0.2, -0.15) is 0 Å². The van der Waals surface area contributed by atoms with E-state index in [-0.39, 0.29) is 18.6 Å². The number of rotatable bonds is 5. The van der Waals surface area contributed by atoms with Crippen LogP contribution in [-0.4, -0.2) is 35.6 Å². The summed E-state index contributed by atoms with van der Waals surface area (Å²) in [7, 11) is 1.60. The Balaban J connectivity index is 2.64. The molecule has 1 aromatic carbocycles. The van der Waals surface area contributed by atoms with Crippen LogP contribution in [0.2, 0.25) is 0 Å². The number of urea groups is 1. The molecule has 0 radical (unpaired) electrons. The third-order valence-electron chi connectivity index (χ3n) is 3.69. The molecule has 0 bridgehead atoms. The van der Waals surface area contributed by atoms with Crippen LogP contribution in [0.4, 0.5) is 4.79 Å². The lowest BCUT2D eigenvalue weighted by molar-refractivity contribution is -0.141. The van der Waals surface area contributed by atoms with Crippen molar-refractivity contribution in [3.05, 3.63) is 34.9 Å². The molecule has 5 nitrogen and oxygen atoms in total. The van der Waals surface area contributed by atoms with Crippen molar-refractivity contribution < 1.29 is 14.7 Å². The van der Waals surface area contributed by atoms with Crippen LogP contribution in [0.15, 0.2) is 18.2 Å². The Morgan fingerprint density at radius 1 is 1.24 bits per heavy atom. The molecule has 0 aromatic heterocycles. The second kappa shape index (κ2) is 7.11. The largest absolute Gasteiger partial charge is 0.481 e. The molecule has 0 aliphatic heterocycles. The molecule has 21 heavy (non-hydrogen) atoms. The van der Waals surface area contributed by atoms with Crippen LogP contribution in [0.5, 0.6) is 0 Å². The fraction of sp³-hybridized carbons (Fsp3) is 0.500. The highest BCUT2D eigenvalue weighted by Gasteiger charge is 2.19. The van der Waals surface area contributed by atoms with Gasteiger partial charge in [0.25, 0.3) is 0 Å². The third-order valence-corrected chi connectivity index (χ3v) is 3.69. The van der Waals surface area contributed by atoms with Gasteiger partial charge in [0.15, 0.2) is 0 Å². The minimum absolute atomic E-state index is 0.126. The number of nitrogens with one attached hydrogen (secondary N) is 1. The highest BCUT2D eigenvalue weighted by molar-refractivity contribution is 5.76. The monoisotopic (exact) mass is 292 g/mol. The minimum Gasteiger partial charge on any atom is -0.481 e. The van der Waals surface area contributed by atoms with Crippen LogP contribution in [0.25, 0.3) is 0 Å². The van der Waals surface area contributed by atoms with E-state index in [2.05, 4.69) is 11.4 Å². The van der Waals surface area contributed by atoms with Crippen molar-refractivity contribution in [2.45, 2.75) is 33.7 Å². The highest BCUT2D eigenvalue weighted by atomic mass is 16.4. The molecular formula is C16H24N2O3. The summed E-state index contributed by atoms with van der Waals surface area (Å²) in [6.45, 7) is 7.76. The minimum atomic E-state index is -0.906. The zero-order valence-corrected chi connectivity index (χ0v) is 13.3. The molecule has 0 saturated heterocycles. The predicted octanol–water partition coefficient (Wildman–Crippen LogP) is 2.73. The number of benzene rings is 1. The van der Waals surface area contributed by atoms with Gasteiger partial charge in [-0.15, -0.1) is 0 Å². The van der Waals surface area contributed by atoms with E-state index in [4.69, 9.17) is 5.11 Å². The van der Waals surface area contributed by atoms with Crippen molar-refractivity contribution in [1.82, 2.24) is 10.2 Å². The smallest absolute Gasteiger partial charge is 0.317 e. The van der Waals surface area contributed by atoms with Gasteiger partial charge in [0.2, 0.25) is 0 Å². The van der Waals surface area contributed by atoms with Gasteiger partial charge in [0.05, 0.1) is 12.0 Å². The topological polar surface area (TPSA) is 69.6 Å². The van der Waals surface area contributed by atoms with Gasteiger partial charge >= 0.3 is 12.0 Å². The summed E-state index contributed by atoms with van der Waals surface area (Å²) in [4.78, 5) is 24.3. The van der Waals surface area contributed by atoms with Crippen LogP contribution in [0, 0.1) is 19.8 Å². The number of nitrogens with zero attached hydrogens (tertiary/aromatic N) is 1. The van der Waals surface area contributed by atoms with E-state index < -0.39 is 11.9 Å². The van der Waals surface area contributed by atoms with Crippen molar-refractivity contribution in [2.24, 2.45) is 5.92 Å². The Labute approximate surface area is 126 Å². The summed E-state index contributed by atoms with van der Waals surface area (Å²) in [6, 6.07) is 5.69. The molecular weight excluding hydrogens is 268 g/mol. The SMILES string of the molecule is Cc1ccc(C(C)NC(=O)N(C)CC(C)C(=O)O)cc1C. The summed E-state index contributed by atoms with van der Waals surface area (Å²) in [5.41, 5.74) is 3.43. The van der Waals surface area contributed by atoms with E-state index in [9.17, 15) is 9.59 Å². The normalized spacial score (nSPS) is 13.4. The lowest BCUT2D eigenvalue weighted by Crippen LogP contribution is -2.41. The molecule has 2 N–H and O–H groups in total. The second-order valence-corrected chi connectivity index (χ2v) is 5.63. The molecule has 0 aliphatic rings. The maximum absolute atomic E-state index is 12.1. The lowest BCUT2D eigenvalue weighted by atomic mass is 10.0. The first kappa shape index (κ1) is 17.0. The summed E-state index contributed by atoms with van der Waals surface area (Å²) in [5.74, 6) is -1.49. The van der Waals surface area contributed by atoms with Gasteiger partial charge in [-0.1, -0.05) is 25.1 Å². The molecule has 0 aliphatic carbocycles. The summed E-state index contributed by atoms with van der Waals surface area (Å²) in [6.07, 6.45) is 0.